The molecule has 1 rings (SSSR count). The average Bonchev–Trinajstić information content (AvgIpc) is 2.22. The summed E-state index contributed by atoms with van der Waals surface area (Å²) in [5.74, 6) is 0. The molecule has 0 aromatic rings. The average molecular weight is 218 g/mol. The second kappa shape index (κ2) is 9.37. The van der Waals surface area contributed by atoms with Crippen molar-refractivity contribution in [1.29, 1.82) is 0 Å². The van der Waals surface area contributed by atoms with Crippen LogP contribution in [0.3, 0.4) is 0 Å². The zero-order valence-corrected chi connectivity index (χ0v) is 10.3. The molecule has 0 aliphatic carbocycles. The van der Waals surface area contributed by atoms with E-state index in [1.165, 1.54) is 0 Å². The van der Waals surface area contributed by atoms with Gasteiger partial charge in [-0.25, -0.2) is 0 Å². The smallest absolute Gasteiger partial charge is 0.0722 e. The molecule has 0 atom stereocenters. The number of thiocarbonyl (C=S) groups is 1. The van der Waals surface area contributed by atoms with E-state index in [-0.39, 0.29) is 0 Å². The molecule has 3 nitrogen and oxygen atoms in total. The first kappa shape index (κ1) is 13.8. The number of morpholine rings is 1. The van der Waals surface area contributed by atoms with Crippen LogP contribution in [0.4, 0.5) is 0 Å². The molecule has 1 heterocycles. The van der Waals surface area contributed by atoms with E-state index in [2.05, 4.69) is 10.2 Å². The zero-order valence-electron chi connectivity index (χ0n) is 9.51. The summed E-state index contributed by atoms with van der Waals surface area (Å²) in [5, 5.41) is 3.14. The van der Waals surface area contributed by atoms with Crippen molar-refractivity contribution in [3.05, 3.63) is 0 Å². The van der Waals surface area contributed by atoms with E-state index in [1.54, 1.807) is 0 Å². The minimum absolute atomic E-state index is 0.872. The standard InChI is InChI=1S/C8H16N2OS.C2H6/c1-8(12)9-2-3-10-4-6-11-7-5-10;1-2/h2-7H2,1H3,(H,9,12);1-2H3. The molecule has 0 spiro atoms. The Balaban J connectivity index is 0.000000791. The number of ether oxygens (including phenoxy) is 1. The molecule has 1 aliphatic rings. The molecule has 0 amide bonds. The third kappa shape index (κ3) is 7.24. The molecular formula is C10H22N2OS. The third-order valence-electron chi connectivity index (χ3n) is 1.91. The molecule has 1 saturated heterocycles. The van der Waals surface area contributed by atoms with Crippen molar-refractivity contribution in [3.8, 4) is 0 Å². The summed E-state index contributed by atoms with van der Waals surface area (Å²) in [6, 6.07) is 0. The van der Waals surface area contributed by atoms with Crippen molar-refractivity contribution in [2.45, 2.75) is 20.8 Å². The SMILES string of the molecule is CC.CC(=S)NCCN1CCOCC1. The van der Waals surface area contributed by atoms with E-state index in [1.807, 2.05) is 20.8 Å². The predicted octanol–water partition coefficient (Wildman–Crippen LogP) is 1.28. The zero-order chi connectivity index (χ0) is 10.8. The van der Waals surface area contributed by atoms with Gasteiger partial charge in [0.25, 0.3) is 0 Å². The maximum Gasteiger partial charge on any atom is 0.0722 e. The largest absolute Gasteiger partial charge is 0.379 e. The van der Waals surface area contributed by atoms with Gasteiger partial charge in [0.1, 0.15) is 0 Å². The van der Waals surface area contributed by atoms with Crippen molar-refractivity contribution in [2.24, 2.45) is 0 Å². The van der Waals surface area contributed by atoms with Gasteiger partial charge in [-0.05, 0) is 6.92 Å². The Morgan fingerprint density at radius 2 is 1.93 bits per heavy atom. The van der Waals surface area contributed by atoms with E-state index in [9.17, 15) is 0 Å². The van der Waals surface area contributed by atoms with E-state index >= 15 is 0 Å². The van der Waals surface area contributed by atoms with Crippen LogP contribution < -0.4 is 5.32 Å². The molecular weight excluding hydrogens is 196 g/mol. The van der Waals surface area contributed by atoms with Crippen molar-refractivity contribution < 1.29 is 4.74 Å². The fourth-order valence-corrected chi connectivity index (χ4v) is 1.32. The third-order valence-corrected chi connectivity index (χ3v) is 2.05. The van der Waals surface area contributed by atoms with Crippen LogP contribution in [0.25, 0.3) is 0 Å². The highest BCUT2D eigenvalue weighted by atomic mass is 32.1. The fourth-order valence-electron chi connectivity index (χ4n) is 1.21. The molecule has 1 aliphatic heterocycles. The summed E-state index contributed by atoms with van der Waals surface area (Å²) in [6.45, 7) is 11.8. The van der Waals surface area contributed by atoms with Crippen LogP contribution in [0.1, 0.15) is 20.8 Å². The summed E-state index contributed by atoms with van der Waals surface area (Å²) < 4.78 is 5.24. The van der Waals surface area contributed by atoms with Crippen LogP contribution in [0.15, 0.2) is 0 Å². The molecule has 1 fully saturated rings. The second-order valence-corrected chi connectivity index (χ2v) is 3.55. The molecule has 4 heteroatoms. The van der Waals surface area contributed by atoms with Crippen molar-refractivity contribution in [2.75, 3.05) is 39.4 Å². The van der Waals surface area contributed by atoms with Gasteiger partial charge in [-0.1, -0.05) is 26.1 Å². The molecule has 14 heavy (non-hydrogen) atoms. The van der Waals surface area contributed by atoms with Crippen LogP contribution in [0.5, 0.6) is 0 Å². The van der Waals surface area contributed by atoms with Gasteiger partial charge in [-0.3, -0.25) is 4.90 Å². The number of hydrogen-bond acceptors (Lipinski definition) is 3. The minimum Gasteiger partial charge on any atom is -0.379 e. The van der Waals surface area contributed by atoms with Crippen LogP contribution in [0.2, 0.25) is 0 Å². The first-order valence-corrected chi connectivity index (χ1v) is 5.74. The van der Waals surface area contributed by atoms with Crippen molar-refractivity contribution >= 4 is 17.2 Å². The lowest BCUT2D eigenvalue weighted by atomic mass is 10.4. The lowest BCUT2D eigenvalue weighted by Gasteiger charge is -2.26. The maximum absolute atomic E-state index is 5.24. The van der Waals surface area contributed by atoms with E-state index in [0.29, 0.717) is 0 Å². The van der Waals surface area contributed by atoms with E-state index in [4.69, 9.17) is 17.0 Å². The second-order valence-electron chi connectivity index (χ2n) is 2.94. The summed E-state index contributed by atoms with van der Waals surface area (Å²) in [4.78, 5) is 3.26. The highest BCUT2D eigenvalue weighted by Gasteiger charge is 2.08. The Kier molecular flexibility index (Phi) is 9.24. The van der Waals surface area contributed by atoms with E-state index < -0.39 is 0 Å². The Hall–Kier alpha value is -0.190. The van der Waals surface area contributed by atoms with E-state index in [0.717, 1.165) is 44.4 Å². The Bertz CT molecular complexity index is 147. The number of rotatable bonds is 3. The molecule has 0 bridgehead atoms. The Morgan fingerprint density at radius 3 is 2.43 bits per heavy atom. The number of hydrogen-bond donors (Lipinski definition) is 1. The number of nitrogens with zero attached hydrogens (tertiary/aromatic N) is 1. The fraction of sp³-hybridized carbons (Fsp3) is 0.900. The molecule has 84 valence electrons. The van der Waals surface area contributed by atoms with Gasteiger partial charge in [-0.15, -0.1) is 0 Å². The molecule has 0 unspecified atom stereocenters. The summed E-state index contributed by atoms with van der Waals surface area (Å²) >= 11 is 4.91. The molecule has 1 N–H and O–H groups in total. The van der Waals surface area contributed by atoms with Gasteiger partial charge in [-0.2, -0.15) is 0 Å². The lowest BCUT2D eigenvalue weighted by molar-refractivity contribution is 0.0389. The Morgan fingerprint density at radius 1 is 1.36 bits per heavy atom. The van der Waals surface area contributed by atoms with Gasteiger partial charge in [0.15, 0.2) is 0 Å². The summed E-state index contributed by atoms with van der Waals surface area (Å²) in [5.41, 5.74) is 0. The lowest BCUT2D eigenvalue weighted by Crippen LogP contribution is -2.40. The highest BCUT2D eigenvalue weighted by Crippen LogP contribution is 1.94. The predicted molar refractivity (Wildman–Crippen MR) is 64.9 cm³/mol. The summed E-state index contributed by atoms with van der Waals surface area (Å²) in [7, 11) is 0. The van der Waals surface area contributed by atoms with Crippen LogP contribution >= 0.6 is 12.2 Å². The topological polar surface area (TPSA) is 24.5 Å². The van der Waals surface area contributed by atoms with Gasteiger partial charge >= 0.3 is 0 Å². The molecule has 0 radical (unpaired) electrons. The normalized spacial score (nSPS) is 16.8. The highest BCUT2D eigenvalue weighted by molar-refractivity contribution is 7.80. The van der Waals surface area contributed by atoms with Crippen molar-refractivity contribution in [1.82, 2.24) is 10.2 Å². The van der Waals surface area contributed by atoms with Gasteiger partial charge in [0.05, 0.1) is 18.2 Å². The van der Waals surface area contributed by atoms with Gasteiger partial charge in [0, 0.05) is 26.2 Å². The Labute approximate surface area is 92.8 Å². The molecule has 0 aromatic heterocycles. The first-order chi connectivity index (χ1) is 6.79. The minimum atomic E-state index is 0.872. The number of nitrogens with one attached hydrogen (secondary N) is 1. The van der Waals surface area contributed by atoms with Crippen LogP contribution in [0, 0.1) is 0 Å². The first-order valence-electron chi connectivity index (χ1n) is 5.33. The maximum atomic E-state index is 5.24. The monoisotopic (exact) mass is 218 g/mol. The molecule has 0 saturated carbocycles. The quantitative estimate of drug-likeness (QED) is 0.721. The van der Waals surface area contributed by atoms with Crippen molar-refractivity contribution in [3.63, 3.8) is 0 Å². The van der Waals surface area contributed by atoms with Gasteiger partial charge < -0.3 is 10.1 Å². The summed E-state index contributed by atoms with van der Waals surface area (Å²) in [6.07, 6.45) is 0. The van der Waals surface area contributed by atoms with Gasteiger partial charge in [0.2, 0.25) is 0 Å². The van der Waals surface area contributed by atoms with Crippen LogP contribution in [-0.4, -0.2) is 49.3 Å². The molecule has 0 aromatic carbocycles. The van der Waals surface area contributed by atoms with Crippen LogP contribution in [-0.2, 0) is 4.74 Å².